The third-order valence-corrected chi connectivity index (χ3v) is 11.3. The van der Waals surface area contributed by atoms with Gasteiger partial charge in [0.05, 0.1) is 40.2 Å². The topological polar surface area (TPSA) is 127 Å². The lowest BCUT2D eigenvalue weighted by Gasteiger charge is -2.61. The van der Waals surface area contributed by atoms with Gasteiger partial charge in [0.15, 0.2) is 0 Å². The standard InChI is InChI=1S/C28H29FN4O5S/c29-22-3-1-2-21-24-14-30-15-32(24)23(26(21)22)10-25(34)28-11-16-8-17(12-28)27(18(9-16)13-28)31-39(37,38)20-6-4-19(5-7-20)33(35)36/h1-7,14-18,23,25,27,31,34H,8-13H2. The van der Waals surface area contributed by atoms with E-state index in [4.69, 9.17) is 0 Å². The highest BCUT2D eigenvalue weighted by Gasteiger charge is 2.58. The van der Waals surface area contributed by atoms with Gasteiger partial charge in [-0.05, 0) is 79.9 Å². The Kier molecular flexibility index (Phi) is 5.53. The fourth-order valence-corrected chi connectivity index (χ4v) is 9.75. The molecule has 4 aliphatic carbocycles. The summed E-state index contributed by atoms with van der Waals surface area (Å²) < 4.78 is 46.3. The number of nitro groups is 1. The van der Waals surface area contributed by atoms with Crippen molar-refractivity contribution < 1.29 is 22.8 Å². The number of imidazole rings is 1. The molecule has 1 aliphatic heterocycles. The van der Waals surface area contributed by atoms with Gasteiger partial charge in [-0.2, -0.15) is 0 Å². The molecule has 204 valence electrons. The van der Waals surface area contributed by atoms with Crippen molar-refractivity contribution in [1.82, 2.24) is 14.3 Å². The Hall–Kier alpha value is -3.15. The van der Waals surface area contributed by atoms with Crippen LogP contribution in [-0.2, 0) is 10.0 Å². The molecule has 0 amide bonds. The molecule has 2 heterocycles. The summed E-state index contributed by atoms with van der Waals surface area (Å²) in [5, 5.41) is 22.7. The lowest BCUT2D eigenvalue weighted by atomic mass is 9.46. The number of nitrogens with one attached hydrogen (secondary N) is 1. The fourth-order valence-electron chi connectivity index (χ4n) is 8.37. The first-order valence-corrected chi connectivity index (χ1v) is 14.9. The van der Waals surface area contributed by atoms with E-state index in [-0.39, 0.29) is 45.7 Å². The summed E-state index contributed by atoms with van der Waals surface area (Å²) in [7, 11) is -3.86. The van der Waals surface area contributed by atoms with Crippen LogP contribution >= 0.6 is 0 Å². The van der Waals surface area contributed by atoms with Gasteiger partial charge in [-0.1, -0.05) is 12.1 Å². The van der Waals surface area contributed by atoms with Gasteiger partial charge in [-0.25, -0.2) is 22.5 Å². The molecule has 2 aromatic carbocycles. The van der Waals surface area contributed by atoms with Crippen molar-refractivity contribution >= 4 is 15.7 Å². The number of nitrogens with zero attached hydrogens (tertiary/aromatic N) is 3. The molecular weight excluding hydrogens is 523 g/mol. The number of aliphatic hydroxyl groups is 1. The Morgan fingerprint density at radius 3 is 2.56 bits per heavy atom. The number of non-ortho nitro benzene ring substituents is 1. The number of hydrogen-bond acceptors (Lipinski definition) is 6. The monoisotopic (exact) mass is 552 g/mol. The van der Waals surface area contributed by atoms with Gasteiger partial charge in [0.25, 0.3) is 5.69 Å². The minimum atomic E-state index is -3.86. The van der Waals surface area contributed by atoms with Gasteiger partial charge in [-0.3, -0.25) is 10.1 Å². The number of fused-ring (bicyclic) bond motifs is 3. The first-order chi connectivity index (χ1) is 18.6. The van der Waals surface area contributed by atoms with Crippen LogP contribution in [0.25, 0.3) is 11.3 Å². The van der Waals surface area contributed by atoms with Crippen LogP contribution in [0.4, 0.5) is 10.1 Å². The largest absolute Gasteiger partial charge is 0.392 e. The third-order valence-electron chi connectivity index (χ3n) is 9.79. The summed E-state index contributed by atoms with van der Waals surface area (Å²) in [5.41, 5.74) is 1.78. The van der Waals surface area contributed by atoms with E-state index in [0.717, 1.165) is 30.5 Å². The number of aliphatic hydroxyl groups excluding tert-OH is 1. The van der Waals surface area contributed by atoms with E-state index in [0.29, 0.717) is 30.7 Å². The average Bonchev–Trinajstić information content (AvgIpc) is 3.49. The minimum Gasteiger partial charge on any atom is -0.392 e. The van der Waals surface area contributed by atoms with Crippen LogP contribution in [0.5, 0.6) is 0 Å². The summed E-state index contributed by atoms with van der Waals surface area (Å²) in [4.78, 5) is 14.7. The second-order valence-electron chi connectivity index (χ2n) is 11.9. The predicted molar refractivity (Wildman–Crippen MR) is 140 cm³/mol. The molecule has 0 saturated heterocycles. The molecule has 0 spiro atoms. The molecule has 4 atom stereocenters. The second-order valence-corrected chi connectivity index (χ2v) is 13.6. The van der Waals surface area contributed by atoms with Crippen molar-refractivity contribution in [3.05, 3.63) is 76.5 Å². The first-order valence-electron chi connectivity index (χ1n) is 13.4. The summed E-state index contributed by atoms with van der Waals surface area (Å²) in [6, 6.07) is 9.41. The zero-order valence-electron chi connectivity index (χ0n) is 21.1. The lowest BCUT2D eigenvalue weighted by Crippen LogP contribution is -2.61. The van der Waals surface area contributed by atoms with Crippen LogP contribution < -0.4 is 4.72 Å². The van der Waals surface area contributed by atoms with E-state index in [1.54, 1.807) is 18.6 Å². The van der Waals surface area contributed by atoms with E-state index >= 15 is 0 Å². The summed E-state index contributed by atoms with van der Waals surface area (Å²) >= 11 is 0. The molecule has 0 radical (unpaired) electrons. The van der Waals surface area contributed by atoms with Gasteiger partial charge in [-0.15, -0.1) is 0 Å². The Bertz CT molecular complexity index is 1560. The first kappa shape index (κ1) is 24.9. The Morgan fingerprint density at radius 1 is 1.15 bits per heavy atom. The van der Waals surface area contributed by atoms with Crippen molar-refractivity contribution in [2.45, 2.75) is 61.6 Å². The molecule has 4 fully saturated rings. The number of nitro benzene ring substituents is 1. The number of halogens is 1. The number of sulfonamides is 1. The highest BCUT2D eigenvalue weighted by molar-refractivity contribution is 7.89. The summed E-state index contributed by atoms with van der Waals surface area (Å²) in [6.45, 7) is 0. The zero-order valence-corrected chi connectivity index (χ0v) is 21.9. The number of benzene rings is 2. The second kappa shape index (κ2) is 8.67. The summed E-state index contributed by atoms with van der Waals surface area (Å²) in [6.07, 6.45) is 7.29. The maximum Gasteiger partial charge on any atom is 0.269 e. The van der Waals surface area contributed by atoms with Crippen molar-refractivity contribution in [3.63, 3.8) is 0 Å². The molecule has 4 bridgehead atoms. The highest BCUT2D eigenvalue weighted by Crippen LogP contribution is 2.62. The van der Waals surface area contributed by atoms with Crippen LogP contribution in [0.2, 0.25) is 0 Å². The van der Waals surface area contributed by atoms with Gasteiger partial charge in [0.2, 0.25) is 10.0 Å². The van der Waals surface area contributed by atoms with Crippen LogP contribution in [0, 0.1) is 39.1 Å². The van der Waals surface area contributed by atoms with Crippen molar-refractivity contribution in [2.75, 3.05) is 0 Å². The third kappa shape index (κ3) is 3.85. The summed E-state index contributed by atoms with van der Waals surface area (Å²) in [5.74, 6) is 0.332. The molecule has 11 heteroatoms. The molecule has 4 unspecified atom stereocenters. The van der Waals surface area contributed by atoms with E-state index in [1.165, 1.54) is 30.3 Å². The van der Waals surface area contributed by atoms with Crippen LogP contribution in [-0.4, -0.2) is 40.1 Å². The zero-order chi connectivity index (χ0) is 27.1. The molecule has 3 aromatic rings. The van der Waals surface area contributed by atoms with E-state index < -0.39 is 21.1 Å². The normalized spacial score (nSPS) is 31.2. The van der Waals surface area contributed by atoms with Crippen molar-refractivity contribution in [3.8, 4) is 11.3 Å². The number of aromatic nitrogens is 2. The molecule has 1 aromatic heterocycles. The highest BCUT2D eigenvalue weighted by atomic mass is 32.2. The van der Waals surface area contributed by atoms with Gasteiger partial charge < -0.3 is 9.67 Å². The quantitative estimate of drug-likeness (QED) is 0.330. The average molecular weight is 553 g/mol. The Balaban J connectivity index is 1.12. The molecular formula is C28H29FN4O5S. The maximum absolute atomic E-state index is 15.0. The molecule has 5 aliphatic rings. The minimum absolute atomic E-state index is 0.00900. The SMILES string of the molecule is O=[N+]([O-])c1ccc(S(=O)(=O)NC2C3CC4CC2CC(C(O)CC2c5c(F)cccc5-c5cncn52)(C4)C3)cc1. The molecule has 4 saturated carbocycles. The van der Waals surface area contributed by atoms with Crippen molar-refractivity contribution in [1.29, 1.82) is 0 Å². The lowest BCUT2D eigenvalue weighted by molar-refractivity contribution is -0.384. The molecule has 39 heavy (non-hydrogen) atoms. The predicted octanol–water partition coefficient (Wildman–Crippen LogP) is 4.42. The smallest absolute Gasteiger partial charge is 0.269 e. The molecule has 8 rings (SSSR count). The number of hydrogen-bond donors (Lipinski definition) is 2. The Morgan fingerprint density at radius 2 is 1.87 bits per heavy atom. The van der Waals surface area contributed by atoms with Gasteiger partial charge >= 0.3 is 0 Å². The van der Waals surface area contributed by atoms with E-state index in [2.05, 4.69) is 9.71 Å². The van der Waals surface area contributed by atoms with Crippen LogP contribution in [0.1, 0.15) is 50.1 Å². The van der Waals surface area contributed by atoms with E-state index in [9.17, 15) is 28.0 Å². The fraction of sp³-hybridized carbons (Fsp3) is 0.464. The van der Waals surface area contributed by atoms with E-state index in [1.807, 2.05) is 10.6 Å². The van der Waals surface area contributed by atoms with Gasteiger partial charge in [0.1, 0.15) is 5.82 Å². The molecule has 2 N–H and O–H groups in total. The molecule has 9 nitrogen and oxygen atoms in total. The maximum atomic E-state index is 15.0. The van der Waals surface area contributed by atoms with Crippen molar-refractivity contribution in [2.24, 2.45) is 23.2 Å². The number of rotatable bonds is 7. The van der Waals surface area contributed by atoms with Gasteiger partial charge in [0, 0.05) is 29.3 Å². The van der Waals surface area contributed by atoms with Crippen LogP contribution in [0.15, 0.2) is 59.9 Å². The Labute approximate surface area is 225 Å². The van der Waals surface area contributed by atoms with Crippen LogP contribution in [0.3, 0.4) is 0 Å².